The topological polar surface area (TPSA) is 136 Å². The Morgan fingerprint density at radius 3 is 2.15 bits per heavy atom. The molecule has 0 aromatic heterocycles. The van der Waals surface area contributed by atoms with Crippen LogP contribution in [0.5, 0.6) is 0 Å². The van der Waals surface area contributed by atoms with Crippen LogP contribution in [-0.4, -0.2) is 57.4 Å². The summed E-state index contributed by atoms with van der Waals surface area (Å²) >= 11 is 0. The molecule has 0 aromatic rings. The van der Waals surface area contributed by atoms with Crippen LogP contribution in [0.25, 0.3) is 0 Å². The number of carboxylic acid groups (broad SMARTS) is 1. The number of hydrogen-bond donors (Lipinski definition) is 2. The van der Waals surface area contributed by atoms with Crippen molar-refractivity contribution in [2.75, 3.05) is 20.0 Å². The van der Waals surface area contributed by atoms with Crippen LogP contribution < -0.4 is 4.72 Å². The van der Waals surface area contributed by atoms with Crippen LogP contribution in [0, 0.1) is 0 Å². The second-order valence-electron chi connectivity index (χ2n) is 3.79. The molecule has 1 atom stereocenters. The van der Waals surface area contributed by atoms with Crippen LogP contribution >= 0.6 is 0 Å². The molecule has 0 amide bonds. The number of carboxylic acids is 1. The van der Waals surface area contributed by atoms with Gasteiger partial charge in [-0.15, -0.1) is 0 Å². The molecule has 116 valence electrons. The molecule has 0 bridgehead atoms. The molecule has 0 saturated heterocycles. The normalized spacial score (nSPS) is 12.5. The molecular formula is C10H17NO8S. The summed E-state index contributed by atoms with van der Waals surface area (Å²) in [5, 5.41) is 8.82. The van der Waals surface area contributed by atoms with Crippen molar-refractivity contribution in [3.63, 3.8) is 0 Å². The van der Waals surface area contributed by atoms with Gasteiger partial charge in [0.05, 0.1) is 26.4 Å². The Bertz CT molecular complexity index is 458. The molecule has 0 heterocycles. The summed E-state index contributed by atoms with van der Waals surface area (Å²) in [5.74, 6) is -3.36. The van der Waals surface area contributed by atoms with Gasteiger partial charge in [-0.2, -0.15) is 0 Å². The molecule has 0 unspecified atom stereocenters. The van der Waals surface area contributed by atoms with Crippen LogP contribution in [0.3, 0.4) is 0 Å². The van der Waals surface area contributed by atoms with Crippen LogP contribution in [0.1, 0.15) is 19.3 Å². The van der Waals surface area contributed by atoms with Gasteiger partial charge < -0.3 is 14.6 Å². The molecule has 20 heavy (non-hydrogen) atoms. The summed E-state index contributed by atoms with van der Waals surface area (Å²) in [5.41, 5.74) is 0. The minimum Gasteiger partial charge on any atom is -0.480 e. The Kier molecular flexibility index (Phi) is 7.77. The smallest absolute Gasteiger partial charge is 0.322 e. The Labute approximate surface area is 116 Å². The molecular weight excluding hydrogens is 294 g/mol. The SMILES string of the molecule is COC(=O)CCCS(=O)(=O)N[C@@H](CC(=O)OC)C(=O)O. The number of nitrogens with one attached hydrogen (secondary N) is 1. The minimum atomic E-state index is -3.93. The lowest BCUT2D eigenvalue weighted by atomic mass is 10.2. The Morgan fingerprint density at radius 2 is 1.70 bits per heavy atom. The van der Waals surface area contributed by atoms with Crippen molar-refractivity contribution in [3.8, 4) is 0 Å². The highest BCUT2D eigenvalue weighted by atomic mass is 32.2. The summed E-state index contributed by atoms with van der Waals surface area (Å²) in [7, 11) is -1.70. The first-order valence-corrected chi connectivity index (χ1v) is 7.23. The molecule has 0 aromatic carbocycles. The van der Waals surface area contributed by atoms with Gasteiger partial charge in [-0.1, -0.05) is 0 Å². The average Bonchev–Trinajstić information content (AvgIpc) is 2.36. The lowest BCUT2D eigenvalue weighted by Crippen LogP contribution is -2.43. The van der Waals surface area contributed by atoms with Crippen molar-refractivity contribution < 1.29 is 37.4 Å². The van der Waals surface area contributed by atoms with Crippen molar-refractivity contribution in [1.82, 2.24) is 4.72 Å². The van der Waals surface area contributed by atoms with Crippen molar-refractivity contribution in [1.29, 1.82) is 0 Å². The fourth-order valence-corrected chi connectivity index (χ4v) is 2.47. The van der Waals surface area contributed by atoms with Crippen LogP contribution in [0.15, 0.2) is 0 Å². The van der Waals surface area contributed by atoms with Gasteiger partial charge in [0.1, 0.15) is 6.04 Å². The summed E-state index contributed by atoms with van der Waals surface area (Å²) in [6, 6.07) is -1.61. The molecule has 0 spiro atoms. The van der Waals surface area contributed by atoms with E-state index in [2.05, 4.69) is 9.47 Å². The van der Waals surface area contributed by atoms with Gasteiger partial charge in [0.2, 0.25) is 10.0 Å². The fraction of sp³-hybridized carbons (Fsp3) is 0.700. The average molecular weight is 311 g/mol. The predicted octanol–water partition coefficient (Wildman–Crippen LogP) is -1.12. The highest BCUT2D eigenvalue weighted by molar-refractivity contribution is 7.89. The zero-order chi connectivity index (χ0) is 15.8. The standard InChI is InChI=1S/C10H17NO8S/c1-18-8(12)4-3-5-20(16,17)11-7(10(14)15)6-9(13)19-2/h7,11H,3-6H2,1-2H3,(H,14,15)/t7-/m0/s1. The molecule has 0 aliphatic heterocycles. The minimum absolute atomic E-state index is 0.0213. The van der Waals surface area contributed by atoms with Gasteiger partial charge in [-0.3, -0.25) is 14.4 Å². The number of carbonyl (C=O) groups excluding carboxylic acids is 2. The molecule has 0 aliphatic rings. The van der Waals surface area contributed by atoms with E-state index in [9.17, 15) is 22.8 Å². The summed E-state index contributed by atoms with van der Waals surface area (Å²) < 4.78 is 33.7. The molecule has 0 saturated carbocycles. The first kappa shape index (κ1) is 18.3. The van der Waals surface area contributed by atoms with Gasteiger partial charge in [0.25, 0.3) is 0 Å². The Morgan fingerprint density at radius 1 is 1.15 bits per heavy atom. The zero-order valence-electron chi connectivity index (χ0n) is 11.1. The first-order chi connectivity index (χ1) is 9.21. The van der Waals surface area contributed by atoms with E-state index in [0.29, 0.717) is 0 Å². The van der Waals surface area contributed by atoms with Crippen LogP contribution in [0.2, 0.25) is 0 Å². The molecule has 9 nitrogen and oxygen atoms in total. The van der Waals surface area contributed by atoms with Gasteiger partial charge in [-0.05, 0) is 6.42 Å². The molecule has 0 aliphatic carbocycles. The maximum absolute atomic E-state index is 11.6. The highest BCUT2D eigenvalue weighted by Gasteiger charge is 2.26. The largest absolute Gasteiger partial charge is 0.480 e. The maximum atomic E-state index is 11.6. The number of esters is 2. The van der Waals surface area contributed by atoms with E-state index >= 15 is 0 Å². The zero-order valence-corrected chi connectivity index (χ0v) is 11.9. The lowest BCUT2D eigenvalue weighted by Gasteiger charge is -2.13. The summed E-state index contributed by atoms with van der Waals surface area (Å²) in [6.07, 6.45) is -0.749. The summed E-state index contributed by atoms with van der Waals surface area (Å²) in [6.45, 7) is 0. The predicted molar refractivity (Wildman–Crippen MR) is 66.2 cm³/mol. The summed E-state index contributed by atoms with van der Waals surface area (Å²) in [4.78, 5) is 32.6. The van der Waals surface area contributed by atoms with Crippen molar-refractivity contribution in [2.45, 2.75) is 25.3 Å². The van der Waals surface area contributed by atoms with E-state index in [4.69, 9.17) is 5.11 Å². The number of carbonyl (C=O) groups is 3. The van der Waals surface area contributed by atoms with E-state index < -0.39 is 46.1 Å². The quantitative estimate of drug-likeness (QED) is 0.511. The van der Waals surface area contributed by atoms with Gasteiger partial charge in [0.15, 0.2) is 0 Å². The van der Waals surface area contributed by atoms with Crippen molar-refractivity contribution >= 4 is 27.9 Å². The monoisotopic (exact) mass is 311 g/mol. The molecule has 2 N–H and O–H groups in total. The van der Waals surface area contributed by atoms with E-state index in [0.717, 1.165) is 7.11 Å². The number of aliphatic carboxylic acids is 1. The third kappa shape index (κ3) is 7.69. The fourth-order valence-electron chi connectivity index (χ4n) is 1.21. The van der Waals surface area contributed by atoms with Crippen molar-refractivity contribution in [3.05, 3.63) is 0 Å². The Hall–Kier alpha value is -1.68. The van der Waals surface area contributed by atoms with E-state index in [-0.39, 0.29) is 12.8 Å². The molecule has 0 rings (SSSR count). The lowest BCUT2D eigenvalue weighted by molar-refractivity contribution is -0.147. The Balaban J connectivity index is 4.49. The number of rotatable bonds is 9. The van der Waals surface area contributed by atoms with Crippen LogP contribution in [0.4, 0.5) is 0 Å². The van der Waals surface area contributed by atoms with E-state index in [1.807, 2.05) is 4.72 Å². The molecule has 0 radical (unpaired) electrons. The van der Waals surface area contributed by atoms with Crippen molar-refractivity contribution in [2.24, 2.45) is 0 Å². The second-order valence-corrected chi connectivity index (χ2v) is 5.66. The first-order valence-electron chi connectivity index (χ1n) is 5.58. The van der Waals surface area contributed by atoms with E-state index in [1.165, 1.54) is 7.11 Å². The van der Waals surface area contributed by atoms with Crippen LogP contribution in [-0.2, 0) is 33.9 Å². The third-order valence-electron chi connectivity index (χ3n) is 2.24. The number of sulfonamides is 1. The molecule has 10 heteroatoms. The van der Waals surface area contributed by atoms with Gasteiger partial charge in [0, 0.05) is 6.42 Å². The number of hydrogen-bond acceptors (Lipinski definition) is 7. The second kappa shape index (κ2) is 8.48. The van der Waals surface area contributed by atoms with Gasteiger partial charge >= 0.3 is 17.9 Å². The number of ether oxygens (including phenoxy) is 2. The molecule has 0 fully saturated rings. The third-order valence-corrected chi connectivity index (χ3v) is 3.71. The van der Waals surface area contributed by atoms with Gasteiger partial charge in [-0.25, -0.2) is 13.1 Å². The highest BCUT2D eigenvalue weighted by Crippen LogP contribution is 2.02. The number of methoxy groups -OCH3 is 2. The van der Waals surface area contributed by atoms with E-state index in [1.54, 1.807) is 0 Å². The maximum Gasteiger partial charge on any atom is 0.322 e.